The molecule has 26 heavy (non-hydrogen) atoms. The van der Waals surface area contributed by atoms with Crippen molar-refractivity contribution in [1.82, 2.24) is 30.1 Å². The molecule has 0 radical (unpaired) electrons. The number of hydrogen-bond donors (Lipinski definition) is 0. The summed E-state index contributed by atoms with van der Waals surface area (Å²) in [7, 11) is 1.81. The van der Waals surface area contributed by atoms with Crippen molar-refractivity contribution < 1.29 is 4.79 Å². The molecule has 0 saturated heterocycles. The SMILES string of the molecule is CN(Cc1nc2ccccc2s1)C(=O)Cc1ccc(-n2cnnn2)cc1. The number of amides is 1. The first kappa shape index (κ1) is 16.3. The molecule has 0 atom stereocenters. The second-order valence-corrected chi connectivity index (χ2v) is 7.04. The normalized spacial score (nSPS) is 11.0. The summed E-state index contributed by atoms with van der Waals surface area (Å²) in [5, 5.41) is 12.0. The third-order valence-electron chi connectivity index (χ3n) is 4.04. The minimum Gasteiger partial charge on any atom is -0.339 e. The zero-order valence-electron chi connectivity index (χ0n) is 14.1. The van der Waals surface area contributed by atoms with Crippen molar-refractivity contribution in [3.63, 3.8) is 0 Å². The van der Waals surface area contributed by atoms with Crippen molar-refractivity contribution in [3.05, 3.63) is 65.4 Å². The first-order valence-corrected chi connectivity index (χ1v) is 8.91. The van der Waals surface area contributed by atoms with E-state index in [1.54, 1.807) is 20.9 Å². The topological polar surface area (TPSA) is 76.8 Å². The van der Waals surface area contributed by atoms with Crippen LogP contribution in [0.5, 0.6) is 0 Å². The molecule has 2 aromatic heterocycles. The van der Waals surface area contributed by atoms with Gasteiger partial charge in [0.15, 0.2) is 0 Å². The molecule has 2 aromatic carbocycles. The predicted molar refractivity (Wildman–Crippen MR) is 99.0 cm³/mol. The van der Waals surface area contributed by atoms with Gasteiger partial charge in [0.25, 0.3) is 0 Å². The summed E-state index contributed by atoms with van der Waals surface area (Å²) in [5.74, 6) is 0.0550. The zero-order chi connectivity index (χ0) is 17.9. The minimum absolute atomic E-state index is 0.0550. The highest BCUT2D eigenvalue weighted by molar-refractivity contribution is 7.18. The van der Waals surface area contributed by atoms with Crippen LogP contribution in [0.25, 0.3) is 15.9 Å². The Morgan fingerprint density at radius 3 is 2.69 bits per heavy atom. The van der Waals surface area contributed by atoms with Gasteiger partial charge in [0, 0.05) is 7.05 Å². The Labute approximate surface area is 153 Å². The highest BCUT2D eigenvalue weighted by atomic mass is 32.1. The summed E-state index contributed by atoms with van der Waals surface area (Å²) in [6, 6.07) is 15.6. The van der Waals surface area contributed by atoms with Gasteiger partial charge in [-0.15, -0.1) is 16.4 Å². The summed E-state index contributed by atoms with van der Waals surface area (Å²) < 4.78 is 2.71. The number of tetrazole rings is 1. The van der Waals surface area contributed by atoms with E-state index < -0.39 is 0 Å². The second-order valence-electron chi connectivity index (χ2n) is 5.92. The summed E-state index contributed by atoms with van der Waals surface area (Å²) in [4.78, 5) is 18.8. The fourth-order valence-electron chi connectivity index (χ4n) is 2.63. The van der Waals surface area contributed by atoms with Gasteiger partial charge in [-0.1, -0.05) is 24.3 Å². The van der Waals surface area contributed by atoms with Crippen LogP contribution in [-0.2, 0) is 17.8 Å². The van der Waals surface area contributed by atoms with Crippen LogP contribution in [0.15, 0.2) is 54.9 Å². The molecule has 0 N–H and O–H groups in total. The van der Waals surface area contributed by atoms with Crippen LogP contribution >= 0.6 is 11.3 Å². The largest absolute Gasteiger partial charge is 0.339 e. The van der Waals surface area contributed by atoms with E-state index in [-0.39, 0.29) is 5.91 Å². The number of fused-ring (bicyclic) bond motifs is 1. The number of hydrogen-bond acceptors (Lipinski definition) is 6. The smallest absolute Gasteiger partial charge is 0.227 e. The maximum Gasteiger partial charge on any atom is 0.227 e. The molecular formula is C18H16N6OS. The molecule has 130 valence electrons. The Bertz CT molecular complexity index is 992. The van der Waals surface area contributed by atoms with Gasteiger partial charge in [-0.3, -0.25) is 4.79 Å². The van der Waals surface area contributed by atoms with Gasteiger partial charge in [-0.2, -0.15) is 0 Å². The molecule has 0 fully saturated rings. The van der Waals surface area contributed by atoms with Crippen LogP contribution in [0.3, 0.4) is 0 Å². The van der Waals surface area contributed by atoms with E-state index >= 15 is 0 Å². The van der Waals surface area contributed by atoms with Crippen LogP contribution in [0.1, 0.15) is 10.6 Å². The van der Waals surface area contributed by atoms with Crippen molar-refractivity contribution in [3.8, 4) is 5.69 Å². The number of likely N-dealkylation sites (N-methyl/N-ethyl adjacent to an activating group) is 1. The number of benzene rings is 2. The molecule has 2 heterocycles. The van der Waals surface area contributed by atoms with E-state index in [9.17, 15) is 4.79 Å². The quantitative estimate of drug-likeness (QED) is 0.544. The molecule has 0 saturated carbocycles. The van der Waals surface area contributed by atoms with Gasteiger partial charge in [-0.25, -0.2) is 9.67 Å². The van der Waals surface area contributed by atoms with E-state index in [4.69, 9.17) is 0 Å². The van der Waals surface area contributed by atoms with E-state index in [2.05, 4.69) is 20.5 Å². The van der Waals surface area contributed by atoms with Gasteiger partial charge >= 0.3 is 0 Å². The Kier molecular flexibility index (Phi) is 4.40. The summed E-state index contributed by atoms with van der Waals surface area (Å²) in [6.45, 7) is 0.515. The Morgan fingerprint density at radius 2 is 1.96 bits per heavy atom. The van der Waals surface area contributed by atoms with Crippen LogP contribution in [-0.4, -0.2) is 43.0 Å². The zero-order valence-corrected chi connectivity index (χ0v) is 14.9. The molecule has 1 amide bonds. The third kappa shape index (κ3) is 3.45. The second kappa shape index (κ2) is 7.01. The van der Waals surface area contributed by atoms with E-state index in [0.29, 0.717) is 13.0 Å². The van der Waals surface area contributed by atoms with Crippen molar-refractivity contribution in [2.75, 3.05) is 7.05 Å². The lowest BCUT2D eigenvalue weighted by atomic mass is 10.1. The van der Waals surface area contributed by atoms with Gasteiger partial charge < -0.3 is 4.90 Å². The van der Waals surface area contributed by atoms with Crippen LogP contribution in [0.4, 0.5) is 0 Å². The number of thiazole rings is 1. The van der Waals surface area contributed by atoms with Crippen LogP contribution in [0, 0.1) is 0 Å². The minimum atomic E-state index is 0.0550. The van der Waals surface area contributed by atoms with Gasteiger partial charge in [-0.05, 0) is 40.3 Å². The van der Waals surface area contributed by atoms with E-state index in [0.717, 1.165) is 26.5 Å². The molecule has 8 heteroatoms. The number of aromatic nitrogens is 5. The average molecular weight is 364 g/mol. The summed E-state index contributed by atoms with van der Waals surface area (Å²) in [5.41, 5.74) is 2.78. The summed E-state index contributed by atoms with van der Waals surface area (Å²) in [6.07, 6.45) is 1.88. The first-order chi connectivity index (χ1) is 12.7. The molecule has 0 bridgehead atoms. The average Bonchev–Trinajstić information content (AvgIpc) is 3.31. The standard InChI is InChI=1S/C18H16N6OS/c1-23(11-17-20-15-4-2-3-5-16(15)26-17)18(25)10-13-6-8-14(9-7-13)24-12-19-21-22-24/h2-9,12H,10-11H2,1H3. The molecule has 0 aliphatic heterocycles. The lowest BCUT2D eigenvalue weighted by Gasteiger charge is -2.15. The van der Waals surface area contributed by atoms with Crippen LogP contribution in [0.2, 0.25) is 0 Å². The number of para-hydroxylation sites is 1. The lowest BCUT2D eigenvalue weighted by molar-refractivity contribution is -0.129. The molecular weight excluding hydrogens is 348 g/mol. The Balaban J connectivity index is 1.40. The molecule has 4 rings (SSSR count). The maximum absolute atomic E-state index is 12.5. The molecule has 4 aromatic rings. The highest BCUT2D eigenvalue weighted by Crippen LogP contribution is 2.22. The summed E-state index contributed by atoms with van der Waals surface area (Å²) >= 11 is 1.62. The molecule has 0 aliphatic rings. The molecule has 7 nitrogen and oxygen atoms in total. The van der Waals surface area contributed by atoms with E-state index in [1.807, 2.05) is 55.6 Å². The van der Waals surface area contributed by atoms with Crippen molar-refractivity contribution in [1.29, 1.82) is 0 Å². The van der Waals surface area contributed by atoms with Crippen molar-refractivity contribution in [2.45, 2.75) is 13.0 Å². The number of rotatable bonds is 5. The van der Waals surface area contributed by atoms with Gasteiger partial charge in [0.1, 0.15) is 11.3 Å². The van der Waals surface area contributed by atoms with Crippen molar-refractivity contribution >= 4 is 27.5 Å². The number of nitrogens with zero attached hydrogens (tertiary/aromatic N) is 6. The Hall–Kier alpha value is -3.13. The van der Waals surface area contributed by atoms with Crippen LogP contribution < -0.4 is 0 Å². The molecule has 0 unspecified atom stereocenters. The first-order valence-electron chi connectivity index (χ1n) is 8.10. The molecule has 0 spiro atoms. The van der Waals surface area contributed by atoms with Crippen molar-refractivity contribution in [2.24, 2.45) is 0 Å². The number of carbonyl (C=O) groups excluding carboxylic acids is 1. The fraction of sp³-hybridized carbons (Fsp3) is 0.167. The maximum atomic E-state index is 12.5. The monoisotopic (exact) mass is 364 g/mol. The predicted octanol–water partition coefficient (Wildman–Crippen LogP) is 2.47. The highest BCUT2D eigenvalue weighted by Gasteiger charge is 2.13. The third-order valence-corrected chi connectivity index (χ3v) is 5.06. The fourth-order valence-corrected chi connectivity index (χ4v) is 3.66. The van der Waals surface area contributed by atoms with Gasteiger partial charge in [0.05, 0.1) is 28.9 Å². The number of carbonyl (C=O) groups is 1. The van der Waals surface area contributed by atoms with Gasteiger partial charge in [0.2, 0.25) is 5.91 Å². The lowest BCUT2D eigenvalue weighted by Crippen LogP contribution is -2.27. The Morgan fingerprint density at radius 1 is 1.15 bits per heavy atom. The molecule has 0 aliphatic carbocycles. The van der Waals surface area contributed by atoms with E-state index in [1.165, 1.54) is 6.33 Å².